The van der Waals surface area contributed by atoms with Gasteiger partial charge < -0.3 is 10.6 Å². The van der Waals surface area contributed by atoms with Crippen molar-refractivity contribution in [2.24, 2.45) is 10.7 Å². The van der Waals surface area contributed by atoms with Crippen LogP contribution in [0, 0.1) is 0 Å². The Labute approximate surface area is 112 Å². The minimum absolute atomic E-state index is 0. The third kappa shape index (κ3) is 5.17. The minimum atomic E-state index is 0. The first-order chi connectivity index (χ1) is 6.74. The average molecular weight is 337 g/mol. The number of halogens is 1. The second-order valence-corrected chi connectivity index (χ2v) is 3.76. The van der Waals surface area contributed by atoms with E-state index in [1.54, 1.807) is 17.4 Å². The fraction of sp³-hybridized carbons (Fsp3) is 0.300. The largest absolute Gasteiger partial charge is 0.370 e. The number of guanidine groups is 1. The molecule has 0 aliphatic rings. The maximum Gasteiger partial charge on any atom is 0.191 e. The van der Waals surface area contributed by atoms with E-state index in [1.165, 1.54) is 5.56 Å². The van der Waals surface area contributed by atoms with Crippen LogP contribution in [0.1, 0.15) is 5.56 Å². The number of aliphatic imine (C=N–C) groups is 1. The van der Waals surface area contributed by atoms with Gasteiger partial charge in [0.25, 0.3) is 0 Å². The molecule has 5 heteroatoms. The Morgan fingerprint density at radius 1 is 1.73 bits per heavy atom. The molecule has 15 heavy (non-hydrogen) atoms. The summed E-state index contributed by atoms with van der Waals surface area (Å²) in [5.41, 5.74) is 7.01. The lowest BCUT2D eigenvalue weighted by atomic mass is 10.3. The number of rotatable bonds is 4. The third-order valence-corrected chi connectivity index (χ3v) is 2.51. The Kier molecular flexibility index (Phi) is 7.41. The van der Waals surface area contributed by atoms with Crippen LogP contribution in [0.5, 0.6) is 0 Å². The maximum absolute atomic E-state index is 5.75. The molecule has 2 N–H and O–H groups in total. The molecule has 0 spiro atoms. The zero-order valence-electron chi connectivity index (χ0n) is 8.72. The molecule has 0 bridgehead atoms. The lowest BCUT2D eigenvalue weighted by Crippen LogP contribution is -2.33. The van der Waals surface area contributed by atoms with Crippen molar-refractivity contribution in [1.82, 2.24) is 4.90 Å². The molecule has 0 fully saturated rings. The summed E-state index contributed by atoms with van der Waals surface area (Å²) in [7, 11) is 1.93. The molecule has 0 saturated heterocycles. The Bertz CT molecular complexity index is 308. The highest BCUT2D eigenvalue weighted by molar-refractivity contribution is 14.0. The van der Waals surface area contributed by atoms with Crippen LogP contribution in [0.4, 0.5) is 0 Å². The van der Waals surface area contributed by atoms with Crippen molar-refractivity contribution < 1.29 is 0 Å². The molecule has 1 rings (SSSR count). The van der Waals surface area contributed by atoms with E-state index in [4.69, 9.17) is 5.73 Å². The Balaban J connectivity index is 0.00000196. The summed E-state index contributed by atoms with van der Waals surface area (Å²) < 4.78 is 0. The molecule has 84 valence electrons. The average Bonchev–Trinajstić information content (AvgIpc) is 2.66. The monoisotopic (exact) mass is 337 g/mol. The molecule has 0 amide bonds. The SMILES string of the molecule is C=CCN=C(N)N(C)Cc1ccsc1.I. The topological polar surface area (TPSA) is 41.6 Å². The molecule has 0 saturated carbocycles. The van der Waals surface area contributed by atoms with Gasteiger partial charge in [-0.2, -0.15) is 11.3 Å². The van der Waals surface area contributed by atoms with Gasteiger partial charge in [-0.05, 0) is 22.4 Å². The van der Waals surface area contributed by atoms with Crippen LogP contribution in [0.3, 0.4) is 0 Å². The normalized spacial score (nSPS) is 10.6. The number of nitrogens with zero attached hydrogens (tertiary/aromatic N) is 2. The molecule has 0 aromatic carbocycles. The van der Waals surface area contributed by atoms with Gasteiger partial charge in [-0.3, -0.25) is 0 Å². The van der Waals surface area contributed by atoms with Gasteiger partial charge in [-0.25, -0.2) is 4.99 Å². The van der Waals surface area contributed by atoms with Gasteiger partial charge in [-0.15, -0.1) is 30.6 Å². The van der Waals surface area contributed by atoms with E-state index < -0.39 is 0 Å². The van der Waals surface area contributed by atoms with Gasteiger partial charge in [0.1, 0.15) is 0 Å². The summed E-state index contributed by atoms with van der Waals surface area (Å²) in [6, 6.07) is 2.09. The van der Waals surface area contributed by atoms with Gasteiger partial charge in [0.05, 0.1) is 6.54 Å². The second-order valence-electron chi connectivity index (χ2n) is 2.98. The van der Waals surface area contributed by atoms with Crippen molar-refractivity contribution in [3.05, 3.63) is 35.0 Å². The molecule has 0 unspecified atom stereocenters. The van der Waals surface area contributed by atoms with E-state index in [2.05, 4.69) is 28.4 Å². The summed E-state index contributed by atoms with van der Waals surface area (Å²) in [6.07, 6.45) is 1.73. The first-order valence-corrected chi connectivity index (χ1v) is 5.31. The first kappa shape index (κ1) is 14.4. The summed E-state index contributed by atoms with van der Waals surface area (Å²) in [5, 5.41) is 4.16. The molecule has 1 aromatic rings. The minimum Gasteiger partial charge on any atom is -0.370 e. The number of hydrogen-bond acceptors (Lipinski definition) is 2. The van der Waals surface area contributed by atoms with E-state index in [-0.39, 0.29) is 24.0 Å². The third-order valence-electron chi connectivity index (χ3n) is 1.77. The van der Waals surface area contributed by atoms with E-state index >= 15 is 0 Å². The molecule has 1 heterocycles. The van der Waals surface area contributed by atoms with Crippen LogP contribution < -0.4 is 5.73 Å². The molecule has 0 aliphatic heterocycles. The highest BCUT2D eigenvalue weighted by Gasteiger charge is 2.02. The Morgan fingerprint density at radius 3 is 3.00 bits per heavy atom. The summed E-state index contributed by atoms with van der Waals surface area (Å²) in [6.45, 7) is 4.96. The predicted molar refractivity (Wildman–Crippen MR) is 77.9 cm³/mol. The van der Waals surface area contributed by atoms with Gasteiger partial charge in [0.2, 0.25) is 0 Å². The fourth-order valence-corrected chi connectivity index (χ4v) is 1.68. The maximum atomic E-state index is 5.75. The number of thiophene rings is 1. The molecule has 0 atom stereocenters. The molecule has 1 aromatic heterocycles. The molecule has 3 nitrogen and oxygen atoms in total. The fourth-order valence-electron chi connectivity index (χ4n) is 1.02. The molecular formula is C10H16IN3S. The molecule has 0 aliphatic carbocycles. The van der Waals surface area contributed by atoms with Crippen molar-refractivity contribution in [1.29, 1.82) is 0 Å². The molecular weight excluding hydrogens is 321 g/mol. The van der Waals surface area contributed by atoms with E-state index in [9.17, 15) is 0 Å². The van der Waals surface area contributed by atoms with Crippen LogP contribution >= 0.6 is 35.3 Å². The lowest BCUT2D eigenvalue weighted by molar-refractivity contribution is 0.494. The Morgan fingerprint density at radius 2 is 2.47 bits per heavy atom. The summed E-state index contributed by atoms with van der Waals surface area (Å²) in [5.74, 6) is 0.552. The van der Waals surface area contributed by atoms with E-state index in [0.29, 0.717) is 12.5 Å². The quantitative estimate of drug-likeness (QED) is 0.396. The zero-order chi connectivity index (χ0) is 10.4. The smallest absolute Gasteiger partial charge is 0.191 e. The van der Waals surface area contributed by atoms with Crippen molar-refractivity contribution >= 4 is 41.3 Å². The lowest BCUT2D eigenvalue weighted by Gasteiger charge is -2.16. The highest BCUT2D eigenvalue weighted by Crippen LogP contribution is 2.07. The van der Waals surface area contributed by atoms with Crippen LogP contribution in [0.25, 0.3) is 0 Å². The van der Waals surface area contributed by atoms with Gasteiger partial charge in [-0.1, -0.05) is 6.08 Å². The van der Waals surface area contributed by atoms with E-state index in [1.807, 2.05) is 11.9 Å². The van der Waals surface area contributed by atoms with Crippen LogP contribution in [0.15, 0.2) is 34.5 Å². The van der Waals surface area contributed by atoms with Gasteiger partial charge in [0, 0.05) is 13.6 Å². The highest BCUT2D eigenvalue weighted by atomic mass is 127. The zero-order valence-corrected chi connectivity index (χ0v) is 11.9. The van der Waals surface area contributed by atoms with E-state index in [0.717, 1.165) is 6.54 Å². The van der Waals surface area contributed by atoms with Crippen LogP contribution in [-0.4, -0.2) is 24.5 Å². The van der Waals surface area contributed by atoms with Crippen molar-refractivity contribution in [3.8, 4) is 0 Å². The number of nitrogens with two attached hydrogens (primary N) is 1. The summed E-state index contributed by atoms with van der Waals surface area (Å²) in [4.78, 5) is 6.05. The van der Waals surface area contributed by atoms with Crippen molar-refractivity contribution in [2.45, 2.75) is 6.54 Å². The predicted octanol–water partition coefficient (Wildman–Crippen LogP) is 2.30. The number of hydrogen-bond donors (Lipinski definition) is 1. The first-order valence-electron chi connectivity index (χ1n) is 4.37. The molecule has 0 radical (unpaired) electrons. The van der Waals surface area contributed by atoms with Crippen molar-refractivity contribution in [2.75, 3.05) is 13.6 Å². The van der Waals surface area contributed by atoms with Crippen LogP contribution in [0.2, 0.25) is 0 Å². The van der Waals surface area contributed by atoms with Gasteiger partial charge in [0.15, 0.2) is 5.96 Å². The second kappa shape index (κ2) is 7.70. The standard InChI is InChI=1S/C10H15N3S.HI/c1-3-5-12-10(11)13(2)7-9-4-6-14-8-9;/h3-4,6,8H,1,5,7H2,2H3,(H2,11,12);1H. The van der Waals surface area contributed by atoms with Gasteiger partial charge >= 0.3 is 0 Å². The Hall–Kier alpha value is -0.560. The van der Waals surface area contributed by atoms with Crippen LogP contribution in [-0.2, 0) is 6.54 Å². The van der Waals surface area contributed by atoms with Crippen molar-refractivity contribution in [3.63, 3.8) is 0 Å². The summed E-state index contributed by atoms with van der Waals surface area (Å²) >= 11 is 1.69.